The van der Waals surface area contributed by atoms with Crippen LogP contribution in [0.2, 0.25) is 0 Å². The van der Waals surface area contributed by atoms with Crippen molar-refractivity contribution in [2.75, 3.05) is 37.6 Å². The molecule has 3 unspecified atom stereocenters. The molecule has 8 nitrogen and oxygen atoms in total. The number of para-hydroxylation sites is 1. The number of fused-ring (bicyclic) bond motifs is 1. The Hall–Kier alpha value is -4.02. The van der Waals surface area contributed by atoms with E-state index in [1.165, 1.54) is 12.1 Å². The Bertz CT molecular complexity index is 1560. The number of hydrogen-bond acceptors (Lipinski definition) is 6. The molecule has 0 radical (unpaired) electrons. The molecule has 2 saturated heterocycles. The summed E-state index contributed by atoms with van der Waals surface area (Å²) in [6.45, 7) is 1.42. The molecule has 3 atom stereocenters. The predicted molar refractivity (Wildman–Crippen MR) is 164 cm³/mol. The summed E-state index contributed by atoms with van der Waals surface area (Å²) in [4.78, 5) is 17.9. The summed E-state index contributed by atoms with van der Waals surface area (Å²) in [7, 11) is 4.13. The molecule has 2 N–H and O–H groups in total. The van der Waals surface area contributed by atoms with Crippen LogP contribution in [-0.2, 0) is 11.2 Å². The molecular weight excluding hydrogens is 550 g/mol. The Morgan fingerprint density at radius 3 is 2.60 bits per heavy atom. The molecule has 1 amide bonds. The summed E-state index contributed by atoms with van der Waals surface area (Å²) in [6.07, 6.45) is 6.50. The van der Waals surface area contributed by atoms with Crippen molar-refractivity contribution in [3.63, 3.8) is 0 Å². The minimum Gasteiger partial charge on any atom is -0.359 e. The summed E-state index contributed by atoms with van der Waals surface area (Å²) in [6, 6.07) is 17.4. The van der Waals surface area contributed by atoms with Crippen molar-refractivity contribution in [1.29, 1.82) is 0 Å². The van der Waals surface area contributed by atoms with E-state index in [-0.39, 0.29) is 18.3 Å². The second-order valence-electron chi connectivity index (χ2n) is 11.7. The molecule has 1 aromatic heterocycles. The quantitative estimate of drug-likeness (QED) is 0.293. The number of nitrogens with one attached hydrogen (secondary N) is 2. The summed E-state index contributed by atoms with van der Waals surface area (Å²) in [5.74, 6) is -1.33. The van der Waals surface area contributed by atoms with E-state index in [0.29, 0.717) is 30.1 Å². The number of halogens is 2. The second-order valence-corrected chi connectivity index (χ2v) is 11.7. The van der Waals surface area contributed by atoms with Crippen LogP contribution in [0.3, 0.4) is 0 Å². The molecule has 226 valence electrons. The monoisotopic (exact) mass is 588 g/mol. The van der Waals surface area contributed by atoms with E-state index in [9.17, 15) is 13.6 Å². The number of hydrogen-bond donors (Lipinski definition) is 2. The highest BCUT2D eigenvalue weighted by Gasteiger charge is 2.33. The van der Waals surface area contributed by atoms with Gasteiger partial charge in [0, 0.05) is 42.8 Å². The molecular formula is C33H38F2N6O2. The molecule has 2 fully saturated rings. The number of carbonyl (C=O) groups excluding carboxylic acids is 1. The maximum absolute atomic E-state index is 13.8. The first-order valence-corrected chi connectivity index (χ1v) is 15.0. The number of benzene rings is 3. The number of anilines is 1. The zero-order valence-electron chi connectivity index (χ0n) is 24.6. The lowest BCUT2D eigenvalue weighted by Gasteiger charge is -2.42. The molecule has 2 aliphatic rings. The smallest absolute Gasteiger partial charge is 0.255 e. The van der Waals surface area contributed by atoms with E-state index in [1.54, 1.807) is 6.20 Å². The minimum atomic E-state index is -0.584. The summed E-state index contributed by atoms with van der Waals surface area (Å²) in [5.41, 5.74) is 3.73. The molecule has 6 rings (SSSR count). The summed E-state index contributed by atoms with van der Waals surface area (Å²) in [5, 5.41) is 14.5. The van der Waals surface area contributed by atoms with Gasteiger partial charge in [-0.3, -0.25) is 9.80 Å². The third-order valence-electron chi connectivity index (χ3n) is 8.43. The van der Waals surface area contributed by atoms with Crippen molar-refractivity contribution in [2.24, 2.45) is 0 Å². The molecule has 10 heteroatoms. The standard InChI is InChI=1S/C33H38F2N6O2/c1-39(2)27-12-13-40(31(20-27)38-33(42)28-7-3-4-8-29(28)37-32-9-5-6-14-43-32)41-30-11-10-22(16-24(30)21-36-41)15-23-17-25(34)19-26(35)18-23/h3-4,7-8,10-11,16-19,21,27,31-32,37H,5-6,9,12-15,20H2,1-2H3,(H,38,42). The van der Waals surface area contributed by atoms with E-state index >= 15 is 0 Å². The summed E-state index contributed by atoms with van der Waals surface area (Å²) < 4.78 is 33.3. The van der Waals surface area contributed by atoms with Gasteiger partial charge in [-0.25, -0.2) is 8.78 Å². The van der Waals surface area contributed by atoms with Gasteiger partial charge in [0.05, 0.1) is 17.3 Å². The van der Waals surface area contributed by atoms with Gasteiger partial charge >= 0.3 is 0 Å². The number of piperidine rings is 1. The van der Waals surface area contributed by atoms with Gasteiger partial charge < -0.3 is 20.3 Å². The Labute approximate surface area is 250 Å². The van der Waals surface area contributed by atoms with Crippen molar-refractivity contribution < 1.29 is 18.3 Å². The maximum atomic E-state index is 13.8. The van der Waals surface area contributed by atoms with Crippen LogP contribution >= 0.6 is 0 Å². The van der Waals surface area contributed by atoms with Crippen molar-refractivity contribution in [1.82, 2.24) is 20.1 Å². The second kappa shape index (κ2) is 12.7. The molecule has 0 saturated carbocycles. The lowest BCUT2D eigenvalue weighted by atomic mass is 10.0. The highest BCUT2D eigenvalue weighted by atomic mass is 19.1. The van der Waals surface area contributed by atoms with E-state index in [1.807, 2.05) is 47.3 Å². The van der Waals surface area contributed by atoms with Crippen LogP contribution in [0, 0.1) is 11.6 Å². The Morgan fingerprint density at radius 1 is 1.02 bits per heavy atom. The van der Waals surface area contributed by atoms with Crippen molar-refractivity contribution >= 4 is 22.5 Å². The lowest BCUT2D eigenvalue weighted by Crippen LogP contribution is -2.60. The van der Waals surface area contributed by atoms with Gasteiger partial charge in [0.15, 0.2) is 0 Å². The largest absolute Gasteiger partial charge is 0.359 e. The number of ether oxygens (including phenoxy) is 1. The first-order chi connectivity index (χ1) is 20.8. The van der Waals surface area contributed by atoms with Crippen molar-refractivity contribution in [3.8, 4) is 0 Å². The fourth-order valence-electron chi connectivity index (χ4n) is 6.16. The van der Waals surface area contributed by atoms with Crippen LogP contribution in [0.1, 0.15) is 53.6 Å². The number of aromatic nitrogens is 2. The Kier molecular flexibility index (Phi) is 8.58. The molecule has 2 aliphatic heterocycles. The van der Waals surface area contributed by atoms with Crippen LogP contribution in [0.4, 0.5) is 14.5 Å². The van der Waals surface area contributed by atoms with Crippen LogP contribution in [0.25, 0.3) is 10.9 Å². The first-order valence-electron chi connectivity index (χ1n) is 15.0. The number of nitrogens with zero attached hydrogens (tertiary/aromatic N) is 4. The first kappa shape index (κ1) is 29.1. The SMILES string of the molecule is CN(C)C1CCN(n2ncc3cc(Cc4cc(F)cc(F)c4)ccc32)C(NC(=O)c2ccccc2NC2CCCCO2)C1. The van der Waals surface area contributed by atoms with Gasteiger partial charge in [-0.15, -0.1) is 0 Å². The summed E-state index contributed by atoms with van der Waals surface area (Å²) >= 11 is 0. The number of rotatable bonds is 8. The zero-order chi connectivity index (χ0) is 29.9. The van der Waals surface area contributed by atoms with E-state index < -0.39 is 11.6 Å². The normalized spacial score (nSPS) is 20.9. The number of amides is 1. The average Bonchev–Trinajstić information content (AvgIpc) is 3.40. The van der Waals surface area contributed by atoms with Crippen molar-refractivity contribution in [3.05, 3.63) is 95.2 Å². The molecule has 43 heavy (non-hydrogen) atoms. The van der Waals surface area contributed by atoms with Crippen LogP contribution in [0.15, 0.2) is 66.9 Å². The molecule has 4 aromatic rings. The van der Waals surface area contributed by atoms with E-state index in [0.717, 1.165) is 66.9 Å². The van der Waals surface area contributed by atoms with Crippen LogP contribution in [0.5, 0.6) is 0 Å². The fraction of sp³-hybridized carbons (Fsp3) is 0.394. The molecule has 0 aliphatic carbocycles. The highest BCUT2D eigenvalue weighted by Crippen LogP contribution is 2.25. The van der Waals surface area contributed by atoms with E-state index in [2.05, 4.69) is 34.6 Å². The molecule has 3 heterocycles. The fourth-order valence-corrected chi connectivity index (χ4v) is 6.16. The topological polar surface area (TPSA) is 74.7 Å². The van der Waals surface area contributed by atoms with Gasteiger partial charge in [0.2, 0.25) is 0 Å². The molecule has 3 aromatic carbocycles. The minimum absolute atomic E-state index is 0.104. The van der Waals surface area contributed by atoms with Gasteiger partial charge in [0.25, 0.3) is 5.91 Å². The van der Waals surface area contributed by atoms with E-state index in [4.69, 9.17) is 9.84 Å². The molecule has 0 bridgehead atoms. The number of carbonyl (C=O) groups is 1. The van der Waals surface area contributed by atoms with Crippen LogP contribution in [-0.4, -0.2) is 66.4 Å². The van der Waals surface area contributed by atoms with Crippen LogP contribution < -0.4 is 15.6 Å². The highest BCUT2D eigenvalue weighted by molar-refractivity contribution is 5.99. The third kappa shape index (κ3) is 6.65. The van der Waals surface area contributed by atoms with Crippen molar-refractivity contribution in [2.45, 2.75) is 57.0 Å². The molecule has 0 spiro atoms. The van der Waals surface area contributed by atoms with Gasteiger partial charge in [-0.2, -0.15) is 9.89 Å². The zero-order valence-corrected chi connectivity index (χ0v) is 24.6. The average molecular weight is 589 g/mol. The van der Waals surface area contributed by atoms with Gasteiger partial charge in [-0.05, 0) is 93.7 Å². The maximum Gasteiger partial charge on any atom is 0.255 e. The Morgan fingerprint density at radius 2 is 1.84 bits per heavy atom. The van der Waals surface area contributed by atoms with Gasteiger partial charge in [0.1, 0.15) is 24.0 Å². The Balaban J connectivity index is 1.24. The predicted octanol–water partition coefficient (Wildman–Crippen LogP) is 5.26. The third-order valence-corrected chi connectivity index (χ3v) is 8.43. The lowest BCUT2D eigenvalue weighted by molar-refractivity contribution is 0.0343. The van der Waals surface area contributed by atoms with Gasteiger partial charge in [-0.1, -0.05) is 18.2 Å².